The van der Waals surface area contributed by atoms with E-state index in [1.165, 1.54) is 12.1 Å². The summed E-state index contributed by atoms with van der Waals surface area (Å²) in [6.45, 7) is 0. The third-order valence-electron chi connectivity index (χ3n) is 7.50. The molecular formula is C26H21F3N4O3. The lowest BCUT2D eigenvalue weighted by atomic mass is 10.1. The summed E-state index contributed by atoms with van der Waals surface area (Å²) < 4.78 is 51.9. The van der Waals surface area contributed by atoms with Gasteiger partial charge in [0.15, 0.2) is 0 Å². The molecule has 1 aliphatic carbocycles. The Kier molecular flexibility index (Phi) is 4.32. The van der Waals surface area contributed by atoms with Crippen LogP contribution in [0, 0.1) is 5.92 Å². The first kappa shape index (κ1) is 21.3. The van der Waals surface area contributed by atoms with Crippen molar-refractivity contribution in [2.24, 2.45) is 5.92 Å². The smallest absolute Gasteiger partial charge is 0.416 e. The number of aromatic nitrogens is 1. The quantitative estimate of drug-likeness (QED) is 0.525. The maximum Gasteiger partial charge on any atom is 0.416 e. The van der Waals surface area contributed by atoms with E-state index in [4.69, 9.17) is 9.47 Å². The summed E-state index contributed by atoms with van der Waals surface area (Å²) in [7, 11) is 1.89. The van der Waals surface area contributed by atoms with Gasteiger partial charge in [-0.2, -0.15) is 13.2 Å². The zero-order valence-corrected chi connectivity index (χ0v) is 19.1. The number of benzene rings is 2. The van der Waals surface area contributed by atoms with Crippen LogP contribution in [0.15, 0.2) is 48.7 Å². The molecule has 1 fully saturated rings. The highest BCUT2D eigenvalue weighted by molar-refractivity contribution is 5.93. The lowest BCUT2D eigenvalue weighted by Gasteiger charge is -2.24. The summed E-state index contributed by atoms with van der Waals surface area (Å²) in [5.41, 5.74) is 2.45. The third-order valence-corrected chi connectivity index (χ3v) is 7.50. The molecule has 1 saturated carbocycles. The Morgan fingerprint density at radius 1 is 1.14 bits per heavy atom. The van der Waals surface area contributed by atoms with Crippen LogP contribution in [0.2, 0.25) is 0 Å². The first-order chi connectivity index (χ1) is 17.3. The minimum atomic E-state index is -4.39. The maximum atomic E-state index is 13.2. The second-order valence-corrected chi connectivity index (χ2v) is 9.60. The molecule has 4 atom stereocenters. The topological polar surface area (TPSA) is 75.7 Å². The first-order valence-corrected chi connectivity index (χ1v) is 11.7. The summed E-state index contributed by atoms with van der Waals surface area (Å²) in [6, 6.07) is 11.3. The predicted molar refractivity (Wildman–Crippen MR) is 126 cm³/mol. The molecule has 3 aliphatic heterocycles. The Labute approximate surface area is 204 Å². The van der Waals surface area contributed by atoms with Gasteiger partial charge in [0.05, 0.1) is 16.9 Å². The molecule has 2 aromatic carbocycles. The van der Waals surface area contributed by atoms with E-state index in [-0.39, 0.29) is 30.0 Å². The number of pyridine rings is 1. The average molecular weight is 494 g/mol. The number of nitrogens with one attached hydrogen (secondary N) is 2. The molecule has 2 N–H and O–H groups in total. The number of nitrogens with zero attached hydrogens (tertiary/aromatic N) is 2. The van der Waals surface area contributed by atoms with E-state index < -0.39 is 11.7 Å². The van der Waals surface area contributed by atoms with Crippen LogP contribution in [0.4, 0.5) is 30.4 Å². The molecular weight excluding hydrogens is 473 g/mol. The summed E-state index contributed by atoms with van der Waals surface area (Å²) >= 11 is 0. The number of halogens is 3. The Morgan fingerprint density at radius 3 is 2.83 bits per heavy atom. The predicted octanol–water partition coefficient (Wildman–Crippen LogP) is 5.14. The van der Waals surface area contributed by atoms with Crippen LogP contribution in [0.25, 0.3) is 0 Å². The third kappa shape index (κ3) is 3.20. The van der Waals surface area contributed by atoms with Crippen molar-refractivity contribution in [3.63, 3.8) is 0 Å². The number of alkyl halides is 3. The lowest BCUT2D eigenvalue weighted by molar-refractivity contribution is -0.137. The van der Waals surface area contributed by atoms with Gasteiger partial charge in [0.25, 0.3) is 0 Å². The van der Waals surface area contributed by atoms with Crippen molar-refractivity contribution in [3.8, 4) is 17.2 Å². The van der Waals surface area contributed by atoms with E-state index in [9.17, 15) is 18.0 Å². The van der Waals surface area contributed by atoms with E-state index in [0.717, 1.165) is 28.6 Å². The van der Waals surface area contributed by atoms with Crippen molar-refractivity contribution in [3.05, 3.63) is 65.4 Å². The molecule has 4 heterocycles. The SMILES string of the molecule is CN1c2ccc(C(F)(F)F)cc2NC1C1C2Oc3ccc(Oc4ccnc5c4CCC(=O)N5)cc3C21. The molecule has 3 aromatic rings. The number of anilines is 3. The second kappa shape index (κ2) is 7.28. The molecule has 7 rings (SSSR count). The normalized spacial score (nSPS) is 25.1. The Hall–Kier alpha value is -3.95. The monoisotopic (exact) mass is 494 g/mol. The highest BCUT2D eigenvalue weighted by Gasteiger charge is 2.63. The summed E-state index contributed by atoms with van der Waals surface area (Å²) in [5.74, 6) is 2.77. The van der Waals surface area contributed by atoms with Gasteiger partial charge in [-0.05, 0) is 48.9 Å². The van der Waals surface area contributed by atoms with Gasteiger partial charge in [0.2, 0.25) is 5.91 Å². The number of carbonyl (C=O) groups excluding carboxylic acids is 1. The van der Waals surface area contributed by atoms with Gasteiger partial charge < -0.3 is 25.0 Å². The van der Waals surface area contributed by atoms with Crippen LogP contribution < -0.4 is 25.0 Å². The molecule has 36 heavy (non-hydrogen) atoms. The molecule has 4 aliphatic rings. The van der Waals surface area contributed by atoms with Crippen molar-refractivity contribution in [2.45, 2.75) is 37.2 Å². The average Bonchev–Trinajstić information content (AvgIpc) is 3.26. The minimum Gasteiger partial charge on any atom is -0.489 e. The fourth-order valence-electron chi connectivity index (χ4n) is 5.70. The van der Waals surface area contributed by atoms with Crippen molar-refractivity contribution >= 4 is 23.1 Å². The fraction of sp³-hybridized carbons (Fsp3) is 0.308. The summed E-state index contributed by atoms with van der Waals surface area (Å²) in [6.07, 6.45) is -2.06. The van der Waals surface area contributed by atoms with Crippen LogP contribution in [0.3, 0.4) is 0 Å². The number of carbonyl (C=O) groups is 1. The molecule has 0 radical (unpaired) electrons. The number of amides is 1. The van der Waals surface area contributed by atoms with E-state index in [1.807, 2.05) is 30.1 Å². The van der Waals surface area contributed by atoms with Gasteiger partial charge in [-0.3, -0.25) is 4.79 Å². The van der Waals surface area contributed by atoms with Crippen LogP contribution >= 0.6 is 0 Å². The van der Waals surface area contributed by atoms with Crippen LogP contribution in [0.1, 0.15) is 29.0 Å². The van der Waals surface area contributed by atoms with Gasteiger partial charge in [-0.1, -0.05) is 0 Å². The van der Waals surface area contributed by atoms with Crippen LogP contribution in [0.5, 0.6) is 17.2 Å². The lowest BCUT2D eigenvalue weighted by Crippen LogP contribution is -2.36. The molecule has 0 spiro atoms. The van der Waals surface area contributed by atoms with Gasteiger partial charge in [0.1, 0.15) is 35.3 Å². The Balaban J connectivity index is 1.12. The van der Waals surface area contributed by atoms with Gasteiger partial charge in [-0.15, -0.1) is 0 Å². The number of hydrogen-bond acceptors (Lipinski definition) is 6. The fourth-order valence-corrected chi connectivity index (χ4v) is 5.70. The standard InChI is InChI=1S/C26H21F3N4O3/c1-33-17-5-2-12(26(27,28)29)10-16(17)31-25(33)22-21-15-11-13(3-6-18(15)36-23(21)22)35-19-8-9-30-24-14(19)4-7-20(34)32-24/h2-3,5-6,8-11,21-23,25,31H,4,7H2,1H3,(H,30,32,34). The molecule has 1 amide bonds. The zero-order chi connectivity index (χ0) is 24.8. The molecule has 10 heteroatoms. The number of rotatable bonds is 3. The minimum absolute atomic E-state index is 0.0458. The van der Waals surface area contributed by atoms with Gasteiger partial charge in [0, 0.05) is 42.6 Å². The Morgan fingerprint density at radius 2 is 2.00 bits per heavy atom. The van der Waals surface area contributed by atoms with Crippen molar-refractivity contribution in [2.75, 3.05) is 22.6 Å². The molecule has 1 aromatic heterocycles. The van der Waals surface area contributed by atoms with Crippen molar-refractivity contribution in [1.82, 2.24) is 4.98 Å². The number of fused-ring (bicyclic) bond motifs is 5. The first-order valence-electron chi connectivity index (χ1n) is 11.7. The van der Waals surface area contributed by atoms with Gasteiger partial charge in [-0.25, -0.2) is 4.98 Å². The second-order valence-electron chi connectivity index (χ2n) is 9.60. The highest BCUT2D eigenvalue weighted by atomic mass is 19.4. The summed E-state index contributed by atoms with van der Waals surface area (Å²) in [4.78, 5) is 17.9. The molecule has 0 saturated heterocycles. The van der Waals surface area contributed by atoms with E-state index >= 15 is 0 Å². The van der Waals surface area contributed by atoms with Crippen LogP contribution in [-0.4, -0.2) is 30.2 Å². The zero-order valence-electron chi connectivity index (χ0n) is 19.1. The van der Waals surface area contributed by atoms with E-state index in [1.54, 1.807) is 12.3 Å². The Bertz CT molecular complexity index is 1430. The van der Waals surface area contributed by atoms with Gasteiger partial charge >= 0.3 is 6.18 Å². The van der Waals surface area contributed by atoms with E-state index in [2.05, 4.69) is 15.6 Å². The molecule has 0 bridgehead atoms. The number of ether oxygens (including phenoxy) is 2. The maximum absolute atomic E-state index is 13.2. The molecule has 7 nitrogen and oxygen atoms in total. The van der Waals surface area contributed by atoms with E-state index in [0.29, 0.717) is 35.8 Å². The number of hydrogen-bond donors (Lipinski definition) is 2. The van der Waals surface area contributed by atoms with Crippen molar-refractivity contribution in [1.29, 1.82) is 0 Å². The molecule has 184 valence electrons. The largest absolute Gasteiger partial charge is 0.489 e. The van der Waals surface area contributed by atoms with Crippen LogP contribution in [-0.2, 0) is 17.4 Å². The molecule has 4 unspecified atom stereocenters. The van der Waals surface area contributed by atoms with Crippen molar-refractivity contribution < 1.29 is 27.4 Å². The summed E-state index contributed by atoms with van der Waals surface area (Å²) in [5, 5.41) is 6.06. The highest BCUT2D eigenvalue weighted by Crippen LogP contribution is 2.62.